The summed E-state index contributed by atoms with van der Waals surface area (Å²) in [5.74, 6) is -1.87. The second-order valence-corrected chi connectivity index (χ2v) is 7.58. The smallest absolute Gasteiger partial charge is 0.317 e. The number of alkyl halides is 2. The molecule has 1 saturated carbocycles. The molecule has 2 atom stereocenters. The minimum Gasteiger partial charge on any atom is -0.379 e. The summed E-state index contributed by atoms with van der Waals surface area (Å²) in [6.45, 7) is 7.61. The minimum atomic E-state index is -2.50. The van der Waals surface area contributed by atoms with Crippen LogP contribution in [0.5, 0.6) is 0 Å². The molecule has 1 N–H and O–H groups in total. The zero-order valence-electron chi connectivity index (χ0n) is 14.5. The third-order valence-electron chi connectivity index (χ3n) is 5.75. The molecule has 7 heteroatoms. The molecule has 3 rings (SSSR count). The number of halogens is 2. The monoisotopic (exact) mass is 345 g/mol. The summed E-state index contributed by atoms with van der Waals surface area (Å²) in [5, 5.41) is 2.96. The summed E-state index contributed by atoms with van der Waals surface area (Å²) in [6, 6.07) is 0.350. The highest BCUT2D eigenvalue weighted by molar-refractivity contribution is 5.74. The number of urea groups is 1. The van der Waals surface area contributed by atoms with Gasteiger partial charge in [0.2, 0.25) is 5.92 Å². The number of nitrogens with one attached hydrogen (secondary N) is 1. The highest BCUT2D eigenvalue weighted by atomic mass is 19.3. The molecular formula is C17H29F2N3O2. The number of amides is 2. The zero-order chi connectivity index (χ0) is 17.2. The van der Waals surface area contributed by atoms with Crippen molar-refractivity contribution in [3.05, 3.63) is 0 Å². The third kappa shape index (κ3) is 4.36. The fraction of sp³-hybridized carbons (Fsp3) is 0.941. The van der Waals surface area contributed by atoms with Crippen molar-refractivity contribution in [3.63, 3.8) is 0 Å². The fourth-order valence-electron chi connectivity index (χ4n) is 4.15. The number of morpholine rings is 1. The molecular weight excluding hydrogens is 316 g/mol. The maximum atomic E-state index is 13.2. The summed E-state index contributed by atoms with van der Waals surface area (Å²) in [5.41, 5.74) is 0. The Balaban J connectivity index is 1.42. The predicted molar refractivity (Wildman–Crippen MR) is 87.2 cm³/mol. The van der Waals surface area contributed by atoms with Gasteiger partial charge in [-0.05, 0) is 24.7 Å². The van der Waals surface area contributed by atoms with E-state index < -0.39 is 5.92 Å². The number of likely N-dealkylation sites (tertiary alicyclic amines) is 1. The Kier molecular flexibility index (Phi) is 5.59. The van der Waals surface area contributed by atoms with E-state index in [1.54, 1.807) is 0 Å². The van der Waals surface area contributed by atoms with Crippen molar-refractivity contribution in [2.75, 3.05) is 45.9 Å². The lowest BCUT2D eigenvalue weighted by Gasteiger charge is -2.34. The first kappa shape index (κ1) is 17.9. The first-order chi connectivity index (χ1) is 11.4. The van der Waals surface area contributed by atoms with Crippen LogP contribution in [0, 0.1) is 11.8 Å². The van der Waals surface area contributed by atoms with Gasteiger partial charge in [0.1, 0.15) is 0 Å². The van der Waals surface area contributed by atoms with Gasteiger partial charge in [0.05, 0.1) is 13.2 Å². The number of carbonyl (C=O) groups excluding carboxylic acids is 1. The fourth-order valence-corrected chi connectivity index (χ4v) is 4.15. The molecule has 3 aliphatic rings. The Morgan fingerprint density at radius 1 is 1.21 bits per heavy atom. The lowest BCUT2D eigenvalue weighted by atomic mass is 9.87. The number of hydrogen-bond donors (Lipinski definition) is 1. The normalized spacial score (nSPS) is 32.0. The van der Waals surface area contributed by atoms with Gasteiger partial charge in [0, 0.05) is 51.6 Å². The molecule has 2 unspecified atom stereocenters. The second-order valence-electron chi connectivity index (χ2n) is 7.58. The molecule has 1 aliphatic carbocycles. The summed E-state index contributed by atoms with van der Waals surface area (Å²) >= 11 is 0. The van der Waals surface area contributed by atoms with Crippen molar-refractivity contribution in [1.29, 1.82) is 0 Å². The topological polar surface area (TPSA) is 44.8 Å². The Morgan fingerprint density at radius 2 is 1.88 bits per heavy atom. The lowest BCUT2D eigenvalue weighted by Crippen LogP contribution is -2.48. The van der Waals surface area contributed by atoms with Gasteiger partial charge in [-0.1, -0.05) is 6.92 Å². The maximum Gasteiger partial charge on any atom is 0.317 e. The standard InChI is InChI=1S/C17H29F2N3O2/c1-13-11-22(12-15(13)21-6-8-24-9-7-21)16(23)20-10-14-2-4-17(18,19)5-3-14/h13-15H,2-12H2,1H3,(H,20,23). The average Bonchev–Trinajstić information content (AvgIpc) is 2.96. The van der Waals surface area contributed by atoms with Gasteiger partial charge in [0.15, 0.2) is 0 Å². The molecule has 2 amide bonds. The SMILES string of the molecule is CC1CN(C(=O)NCC2CCC(F)(F)CC2)CC1N1CCOCC1. The highest BCUT2D eigenvalue weighted by Crippen LogP contribution is 2.35. The molecule has 2 heterocycles. The summed E-state index contributed by atoms with van der Waals surface area (Å²) in [6.07, 6.45) is 0.904. The van der Waals surface area contributed by atoms with E-state index in [4.69, 9.17) is 4.74 Å². The van der Waals surface area contributed by atoms with E-state index in [2.05, 4.69) is 17.1 Å². The highest BCUT2D eigenvalue weighted by Gasteiger charge is 2.38. The largest absolute Gasteiger partial charge is 0.379 e. The van der Waals surface area contributed by atoms with Crippen LogP contribution in [0.1, 0.15) is 32.6 Å². The van der Waals surface area contributed by atoms with Gasteiger partial charge in [-0.2, -0.15) is 0 Å². The first-order valence-electron chi connectivity index (χ1n) is 9.17. The Morgan fingerprint density at radius 3 is 2.54 bits per heavy atom. The molecule has 3 fully saturated rings. The van der Waals surface area contributed by atoms with Crippen molar-refractivity contribution in [1.82, 2.24) is 15.1 Å². The molecule has 0 aromatic heterocycles. The molecule has 0 radical (unpaired) electrons. The lowest BCUT2D eigenvalue weighted by molar-refractivity contribution is -0.0452. The first-order valence-corrected chi connectivity index (χ1v) is 9.17. The summed E-state index contributed by atoms with van der Waals surface area (Å²) in [4.78, 5) is 16.7. The molecule has 24 heavy (non-hydrogen) atoms. The van der Waals surface area contributed by atoms with Crippen LogP contribution in [-0.2, 0) is 4.74 Å². The number of carbonyl (C=O) groups is 1. The van der Waals surface area contributed by atoms with E-state index >= 15 is 0 Å². The Bertz CT molecular complexity index is 434. The van der Waals surface area contributed by atoms with Crippen LogP contribution in [0.15, 0.2) is 0 Å². The van der Waals surface area contributed by atoms with Gasteiger partial charge in [-0.15, -0.1) is 0 Å². The maximum absolute atomic E-state index is 13.2. The van der Waals surface area contributed by atoms with Gasteiger partial charge >= 0.3 is 6.03 Å². The van der Waals surface area contributed by atoms with Crippen LogP contribution in [0.2, 0.25) is 0 Å². The Labute approximate surface area is 142 Å². The zero-order valence-corrected chi connectivity index (χ0v) is 14.5. The van der Waals surface area contributed by atoms with Crippen LogP contribution >= 0.6 is 0 Å². The van der Waals surface area contributed by atoms with Crippen LogP contribution in [0.3, 0.4) is 0 Å². The number of rotatable bonds is 3. The van der Waals surface area contributed by atoms with E-state index in [0.717, 1.165) is 39.4 Å². The van der Waals surface area contributed by atoms with Crippen LogP contribution in [0.4, 0.5) is 13.6 Å². The van der Waals surface area contributed by atoms with Crippen molar-refractivity contribution < 1.29 is 18.3 Å². The quantitative estimate of drug-likeness (QED) is 0.853. The van der Waals surface area contributed by atoms with E-state index in [-0.39, 0.29) is 24.8 Å². The van der Waals surface area contributed by atoms with Crippen LogP contribution < -0.4 is 5.32 Å². The third-order valence-corrected chi connectivity index (χ3v) is 5.75. The summed E-state index contributed by atoms with van der Waals surface area (Å²) < 4.78 is 31.8. The minimum absolute atomic E-state index is 0.0463. The van der Waals surface area contributed by atoms with Gasteiger partial charge in [-0.3, -0.25) is 4.90 Å². The molecule has 2 saturated heterocycles. The van der Waals surface area contributed by atoms with E-state index in [9.17, 15) is 13.6 Å². The van der Waals surface area contributed by atoms with Crippen LogP contribution in [-0.4, -0.2) is 73.7 Å². The molecule has 0 aromatic carbocycles. The van der Waals surface area contributed by atoms with Crippen molar-refractivity contribution in [2.45, 2.75) is 44.6 Å². The van der Waals surface area contributed by atoms with E-state index in [1.807, 2.05) is 4.90 Å². The van der Waals surface area contributed by atoms with Crippen LogP contribution in [0.25, 0.3) is 0 Å². The van der Waals surface area contributed by atoms with E-state index in [1.165, 1.54) is 0 Å². The number of hydrogen-bond acceptors (Lipinski definition) is 3. The second kappa shape index (κ2) is 7.52. The predicted octanol–water partition coefficient (Wildman–Crippen LogP) is 2.17. The average molecular weight is 345 g/mol. The van der Waals surface area contributed by atoms with E-state index in [0.29, 0.717) is 31.3 Å². The molecule has 138 valence electrons. The van der Waals surface area contributed by atoms with Gasteiger partial charge in [0.25, 0.3) is 0 Å². The van der Waals surface area contributed by atoms with Crippen molar-refractivity contribution in [3.8, 4) is 0 Å². The molecule has 2 aliphatic heterocycles. The Hall–Kier alpha value is -0.950. The molecule has 0 spiro atoms. The molecule has 0 bridgehead atoms. The number of nitrogens with zero attached hydrogens (tertiary/aromatic N) is 2. The van der Waals surface area contributed by atoms with Gasteiger partial charge < -0.3 is 15.0 Å². The molecule has 5 nitrogen and oxygen atoms in total. The van der Waals surface area contributed by atoms with Crippen molar-refractivity contribution >= 4 is 6.03 Å². The summed E-state index contributed by atoms with van der Waals surface area (Å²) in [7, 11) is 0. The van der Waals surface area contributed by atoms with Gasteiger partial charge in [-0.25, -0.2) is 13.6 Å². The number of ether oxygens (including phenoxy) is 1. The molecule has 0 aromatic rings. The van der Waals surface area contributed by atoms with Crippen molar-refractivity contribution in [2.24, 2.45) is 11.8 Å².